The third-order valence-electron chi connectivity index (χ3n) is 4.67. The highest BCUT2D eigenvalue weighted by Gasteiger charge is 2.25. The molecule has 0 amide bonds. The fraction of sp³-hybridized carbons (Fsp3) is 0.174. The van der Waals surface area contributed by atoms with Crippen LogP contribution in [0.2, 0.25) is 0 Å². The maximum atomic E-state index is 13.1. The molecular weight excluding hydrogens is 350 g/mol. The molecule has 2 aromatic heterocycles. The summed E-state index contributed by atoms with van der Waals surface area (Å²) in [5, 5.41) is 5.33. The lowest BCUT2D eigenvalue weighted by Gasteiger charge is -2.15. The summed E-state index contributed by atoms with van der Waals surface area (Å²) >= 11 is 0. The summed E-state index contributed by atoms with van der Waals surface area (Å²) in [4.78, 5) is 17.9. The molecule has 0 aliphatic heterocycles. The van der Waals surface area contributed by atoms with Crippen LogP contribution >= 0.6 is 0 Å². The molecule has 0 saturated carbocycles. The first-order valence-corrected chi connectivity index (χ1v) is 9.42. The molecule has 4 aromatic rings. The van der Waals surface area contributed by atoms with Crippen LogP contribution in [0.3, 0.4) is 0 Å². The highest BCUT2D eigenvalue weighted by atomic mass is 16.5. The van der Waals surface area contributed by atoms with Crippen molar-refractivity contribution < 1.29 is 9.53 Å². The fourth-order valence-corrected chi connectivity index (χ4v) is 3.43. The largest absolute Gasteiger partial charge is 0.462 e. The molecule has 0 N–H and O–H groups in total. The van der Waals surface area contributed by atoms with Crippen molar-refractivity contribution in [2.24, 2.45) is 0 Å². The van der Waals surface area contributed by atoms with Gasteiger partial charge < -0.3 is 4.74 Å². The average Bonchev–Trinajstić information content (AvgIpc) is 3.16. The molecular formula is C23H21N3O2. The fourth-order valence-electron chi connectivity index (χ4n) is 3.43. The maximum Gasteiger partial charge on any atom is 0.341 e. The Bertz CT molecular complexity index is 1120. The molecule has 0 unspecified atom stereocenters. The van der Waals surface area contributed by atoms with Crippen molar-refractivity contribution >= 4 is 17.0 Å². The zero-order valence-corrected chi connectivity index (χ0v) is 15.9. The summed E-state index contributed by atoms with van der Waals surface area (Å²) in [5.74, 6) is -0.376. The van der Waals surface area contributed by atoms with Crippen LogP contribution in [0, 0.1) is 0 Å². The number of fused-ring (bicyclic) bond motifs is 1. The Morgan fingerprint density at radius 1 is 0.964 bits per heavy atom. The van der Waals surface area contributed by atoms with Gasteiger partial charge in [0.25, 0.3) is 0 Å². The highest BCUT2D eigenvalue weighted by molar-refractivity contribution is 6.10. The summed E-state index contributed by atoms with van der Waals surface area (Å²) in [6.07, 6.45) is 1.78. The van der Waals surface area contributed by atoms with Gasteiger partial charge in [-0.1, -0.05) is 60.7 Å². The first kappa shape index (κ1) is 17.9. The minimum Gasteiger partial charge on any atom is -0.462 e. The zero-order valence-electron chi connectivity index (χ0n) is 15.9. The average molecular weight is 371 g/mol. The maximum absolute atomic E-state index is 13.1. The number of hydrogen-bond donors (Lipinski definition) is 0. The van der Waals surface area contributed by atoms with Crippen molar-refractivity contribution in [2.75, 3.05) is 6.61 Å². The van der Waals surface area contributed by atoms with E-state index in [1.807, 2.05) is 79.2 Å². The predicted molar refractivity (Wildman–Crippen MR) is 110 cm³/mol. The summed E-state index contributed by atoms with van der Waals surface area (Å²) in [6, 6.07) is 19.6. The van der Waals surface area contributed by atoms with Crippen molar-refractivity contribution in [1.29, 1.82) is 0 Å². The number of carbonyl (C=O) groups is 1. The first-order chi connectivity index (χ1) is 13.7. The van der Waals surface area contributed by atoms with Gasteiger partial charge in [-0.05, 0) is 19.4 Å². The van der Waals surface area contributed by atoms with Gasteiger partial charge in [-0.15, -0.1) is 0 Å². The number of pyridine rings is 1. The number of benzene rings is 2. The van der Waals surface area contributed by atoms with Crippen LogP contribution in [0.1, 0.15) is 24.2 Å². The Morgan fingerprint density at radius 3 is 2.21 bits per heavy atom. The van der Waals surface area contributed by atoms with Gasteiger partial charge in [0, 0.05) is 23.1 Å². The molecule has 28 heavy (non-hydrogen) atoms. The molecule has 140 valence electrons. The normalized spacial score (nSPS) is 10.9. The van der Waals surface area contributed by atoms with E-state index in [-0.39, 0.29) is 5.97 Å². The molecule has 0 saturated heterocycles. The van der Waals surface area contributed by atoms with Crippen molar-refractivity contribution in [3.05, 3.63) is 72.4 Å². The van der Waals surface area contributed by atoms with E-state index in [9.17, 15) is 4.79 Å². The Balaban J connectivity index is 2.15. The van der Waals surface area contributed by atoms with Gasteiger partial charge in [-0.3, -0.25) is 0 Å². The van der Waals surface area contributed by atoms with Crippen LogP contribution in [-0.4, -0.2) is 27.3 Å². The van der Waals surface area contributed by atoms with Crippen LogP contribution in [0.5, 0.6) is 0 Å². The number of aryl methyl sites for hydroxylation is 1. The number of nitrogens with zero attached hydrogens (tertiary/aromatic N) is 3. The number of rotatable bonds is 5. The van der Waals surface area contributed by atoms with Crippen LogP contribution < -0.4 is 0 Å². The molecule has 2 heterocycles. The van der Waals surface area contributed by atoms with Crippen molar-refractivity contribution in [2.45, 2.75) is 20.4 Å². The Hall–Kier alpha value is -3.47. The lowest BCUT2D eigenvalue weighted by atomic mass is 9.93. The lowest BCUT2D eigenvalue weighted by molar-refractivity contribution is 0.0528. The molecule has 4 rings (SSSR count). The molecule has 0 bridgehead atoms. The van der Waals surface area contributed by atoms with Crippen LogP contribution in [0.25, 0.3) is 33.4 Å². The number of hydrogen-bond acceptors (Lipinski definition) is 4. The van der Waals surface area contributed by atoms with E-state index in [1.165, 1.54) is 0 Å². The minimum atomic E-state index is -0.376. The van der Waals surface area contributed by atoms with Crippen molar-refractivity contribution in [1.82, 2.24) is 14.8 Å². The number of ether oxygens (including phenoxy) is 1. The molecule has 5 nitrogen and oxygen atoms in total. The van der Waals surface area contributed by atoms with Crippen LogP contribution in [-0.2, 0) is 11.3 Å². The third kappa shape index (κ3) is 3.05. The van der Waals surface area contributed by atoms with E-state index < -0.39 is 0 Å². The molecule has 0 spiro atoms. The number of carbonyl (C=O) groups excluding carboxylic acids is 1. The summed E-state index contributed by atoms with van der Waals surface area (Å²) in [7, 11) is 0. The molecule has 0 fully saturated rings. The molecule has 0 aliphatic rings. The second-order valence-electron chi connectivity index (χ2n) is 6.36. The lowest BCUT2D eigenvalue weighted by Crippen LogP contribution is -2.11. The van der Waals surface area contributed by atoms with Gasteiger partial charge in [0.1, 0.15) is 0 Å². The minimum absolute atomic E-state index is 0.299. The van der Waals surface area contributed by atoms with Gasteiger partial charge in [0.05, 0.1) is 24.1 Å². The SMILES string of the molecule is CCOC(=O)c1c(-c2ccccc2)nc2c(cnn2CC)c1-c1ccccc1. The molecule has 0 aliphatic carbocycles. The second-order valence-corrected chi connectivity index (χ2v) is 6.36. The van der Waals surface area contributed by atoms with Gasteiger partial charge >= 0.3 is 5.97 Å². The summed E-state index contributed by atoms with van der Waals surface area (Å²) in [5.41, 5.74) is 4.46. The van der Waals surface area contributed by atoms with Gasteiger partial charge in [0.2, 0.25) is 0 Å². The van der Waals surface area contributed by atoms with Gasteiger partial charge in [-0.2, -0.15) is 5.10 Å². The number of esters is 1. The van der Waals surface area contributed by atoms with E-state index in [1.54, 1.807) is 6.20 Å². The zero-order chi connectivity index (χ0) is 19.5. The van der Waals surface area contributed by atoms with E-state index in [2.05, 4.69) is 5.10 Å². The number of aromatic nitrogens is 3. The Labute approximate surface area is 163 Å². The standard InChI is InChI=1S/C23H21N3O2/c1-3-26-22-18(15-24-26)19(16-11-7-5-8-12-16)20(23(27)28-4-2)21(25-22)17-13-9-6-10-14-17/h5-15H,3-4H2,1-2H3. The Kier molecular flexibility index (Phi) is 4.89. The smallest absolute Gasteiger partial charge is 0.341 e. The molecule has 5 heteroatoms. The summed E-state index contributed by atoms with van der Waals surface area (Å²) in [6.45, 7) is 4.83. The van der Waals surface area contributed by atoms with Crippen molar-refractivity contribution in [3.8, 4) is 22.4 Å². The van der Waals surface area contributed by atoms with Crippen LogP contribution in [0.4, 0.5) is 0 Å². The monoisotopic (exact) mass is 371 g/mol. The van der Waals surface area contributed by atoms with E-state index in [0.29, 0.717) is 24.4 Å². The second kappa shape index (κ2) is 7.64. The third-order valence-corrected chi connectivity index (χ3v) is 4.67. The van der Waals surface area contributed by atoms with Gasteiger partial charge in [0.15, 0.2) is 5.65 Å². The quantitative estimate of drug-likeness (QED) is 0.465. The van der Waals surface area contributed by atoms with E-state index >= 15 is 0 Å². The molecule has 0 atom stereocenters. The van der Waals surface area contributed by atoms with Crippen LogP contribution in [0.15, 0.2) is 66.9 Å². The predicted octanol–water partition coefficient (Wildman–Crippen LogP) is 4.96. The molecule has 2 aromatic carbocycles. The van der Waals surface area contributed by atoms with E-state index in [4.69, 9.17) is 9.72 Å². The highest BCUT2D eigenvalue weighted by Crippen LogP contribution is 2.37. The van der Waals surface area contributed by atoms with E-state index in [0.717, 1.165) is 27.7 Å². The molecule has 0 radical (unpaired) electrons. The topological polar surface area (TPSA) is 57.0 Å². The van der Waals surface area contributed by atoms with Gasteiger partial charge in [-0.25, -0.2) is 14.5 Å². The first-order valence-electron chi connectivity index (χ1n) is 9.42. The summed E-state index contributed by atoms with van der Waals surface area (Å²) < 4.78 is 7.28. The van der Waals surface area contributed by atoms with Crippen molar-refractivity contribution in [3.63, 3.8) is 0 Å². The Morgan fingerprint density at radius 2 is 1.61 bits per heavy atom.